The van der Waals surface area contributed by atoms with Crippen LogP contribution in [0.15, 0.2) is 12.7 Å². The molecule has 1 N–H and O–H groups in total. The van der Waals surface area contributed by atoms with Crippen LogP contribution >= 0.6 is 0 Å². The molecule has 0 aliphatic carbocycles. The Morgan fingerprint density at radius 1 is 1.06 bits per heavy atom. The van der Waals surface area contributed by atoms with Gasteiger partial charge in [0.05, 0.1) is 0 Å². The van der Waals surface area contributed by atoms with Crippen LogP contribution in [0.1, 0.15) is 25.7 Å². The van der Waals surface area contributed by atoms with Crippen molar-refractivity contribution in [2.75, 3.05) is 6.61 Å². The second kappa shape index (κ2) is 7.93. The van der Waals surface area contributed by atoms with Crippen molar-refractivity contribution in [1.29, 1.82) is 0 Å². The van der Waals surface area contributed by atoms with Gasteiger partial charge >= 0.3 is 0 Å². The van der Waals surface area contributed by atoms with E-state index in [2.05, 4.69) is 6.58 Å². The van der Waals surface area contributed by atoms with E-state index in [-0.39, 0.29) is 31.8 Å². The minimum absolute atomic E-state index is 0.127. The Balaban J connectivity index is 5.01. The molecule has 0 radical (unpaired) electrons. The van der Waals surface area contributed by atoms with Gasteiger partial charge in [-0.05, 0) is 12.3 Å². The summed E-state index contributed by atoms with van der Waals surface area (Å²) in [4.78, 5) is 31.7. The van der Waals surface area contributed by atoms with Crippen molar-refractivity contribution < 1.29 is 19.5 Å². The van der Waals surface area contributed by atoms with Crippen LogP contribution in [0.2, 0.25) is 0 Å². The fourth-order valence-corrected chi connectivity index (χ4v) is 1.96. The van der Waals surface area contributed by atoms with Gasteiger partial charge in [-0.15, -0.1) is 6.58 Å². The van der Waals surface area contributed by atoms with Gasteiger partial charge in [-0.2, -0.15) is 0 Å². The Labute approximate surface area is 95.3 Å². The highest BCUT2D eigenvalue weighted by Crippen LogP contribution is 2.38. The third-order valence-electron chi connectivity index (χ3n) is 2.98. The third kappa shape index (κ3) is 3.70. The second-order valence-electron chi connectivity index (χ2n) is 3.89. The molecular formula is C12H18O4. The lowest BCUT2D eigenvalue weighted by atomic mass is 9.69. The Kier molecular flexibility index (Phi) is 7.29. The number of aliphatic hydroxyl groups excluding tert-OH is 1. The molecule has 0 aromatic rings. The number of allylic oxidation sites excluding steroid dienone is 1. The van der Waals surface area contributed by atoms with Gasteiger partial charge in [0.15, 0.2) is 0 Å². The van der Waals surface area contributed by atoms with Crippen molar-refractivity contribution in [2.24, 2.45) is 11.3 Å². The first-order valence-electron chi connectivity index (χ1n) is 5.23. The number of aliphatic hydroxyl groups is 1. The van der Waals surface area contributed by atoms with Crippen LogP contribution in [0.4, 0.5) is 0 Å². The first kappa shape index (κ1) is 14.7. The Morgan fingerprint density at radius 3 is 1.94 bits per heavy atom. The zero-order valence-electron chi connectivity index (χ0n) is 9.30. The zero-order valence-corrected chi connectivity index (χ0v) is 9.30. The molecule has 0 aliphatic rings. The summed E-state index contributed by atoms with van der Waals surface area (Å²) in [6, 6.07) is 0. The smallest absolute Gasteiger partial charge is 0.120 e. The summed E-state index contributed by atoms with van der Waals surface area (Å²) < 4.78 is 0. The maximum atomic E-state index is 10.6. The molecule has 0 fully saturated rings. The van der Waals surface area contributed by atoms with Crippen molar-refractivity contribution >= 4 is 18.9 Å². The number of hydrogen-bond donors (Lipinski definition) is 1. The first-order valence-corrected chi connectivity index (χ1v) is 5.23. The molecule has 0 aromatic carbocycles. The highest BCUT2D eigenvalue weighted by Gasteiger charge is 2.36. The van der Waals surface area contributed by atoms with Crippen LogP contribution in [0, 0.1) is 11.3 Å². The van der Waals surface area contributed by atoms with E-state index >= 15 is 0 Å². The topological polar surface area (TPSA) is 71.4 Å². The summed E-state index contributed by atoms with van der Waals surface area (Å²) in [6.45, 7) is 3.34. The molecule has 0 spiro atoms. The average Bonchev–Trinajstić information content (AvgIpc) is 2.28. The number of aldehydes is 3. The molecule has 0 amide bonds. The van der Waals surface area contributed by atoms with Crippen molar-refractivity contribution in [1.82, 2.24) is 0 Å². The molecule has 1 unspecified atom stereocenters. The van der Waals surface area contributed by atoms with E-state index < -0.39 is 5.41 Å². The highest BCUT2D eigenvalue weighted by atomic mass is 16.3. The van der Waals surface area contributed by atoms with Crippen molar-refractivity contribution in [3.63, 3.8) is 0 Å². The lowest BCUT2D eigenvalue weighted by Gasteiger charge is -2.36. The summed E-state index contributed by atoms with van der Waals surface area (Å²) in [5.41, 5.74) is -0.731. The minimum atomic E-state index is -0.731. The van der Waals surface area contributed by atoms with E-state index in [0.29, 0.717) is 25.3 Å². The highest BCUT2D eigenvalue weighted by molar-refractivity contribution is 5.56. The molecule has 4 heteroatoms. The van der Waals surface area contributed by atoms with Gasteiger partial charge in [-0.25, -0.2) is 0 Å². The molecule has 0 aliphatic heterocycles. The first-order chi connectivity index (χ1) is 7.70. The molecular weight excluding hydrogens is 208 g/mol. The molecule has 4 nitrogen and oxygen atoms in total. The number of carbonyl (C=O) groups excluding carboxylic acids is 3. The van der Waals surface area contributed by atoms with Gasteiger partial charge in [-0.3, -0.25) is 0 Å². The molecule has 1 atom stereocenters. The van der Waals surface area contributed by atoms with E-state index in [1.807, 2.05) is 0 Å². The molecule has 0 aromatic heterocycles. The lowest BCUT2D eigenvalue weighted by Crippen LogP contribution is -2.35. The fourth-order valence-electron chi connectivity index (χ4n) is 1.96. The Bertz CT molecular complexity index is 227. The van der Waals surface area contributed by atoms with Gasteiger partial charge < -0.3 is 19.5 Å². The Hall–Kier alpha value is -1.29. The van der Waals surface area contributed by atoms with Crippen molar-refractivity contribution in [3.8, 4) is 0 Å². The second-order valence-corrected chi connectivity index (χ2v) is 3.89. The summed E-state index contributed by atoms with van der Waals surface area (Å²) in [5.74, 6) is -0.310. The van der Waals surface area contributed by atoms with Gasteiger partial charge in [0.25, 0.3) is 0 Å². The van der Waals surface area contributed by atoms with Crippen LogP contribution in [0.25, 0.3) is 0 Å². The van der Waals surface area contributed by atoms with Crippen LogP contribution < -0.4 is 0 Å². The fraction of sp³-hybridized carbons (Fsp3) is 0.583. The van der Waals surface area contributed by atoms with E-state index in [1.165, 1.54) is 0 Å². The molecule has 0 bridgehead atoms. The summed E-state index contributed by atoms with van der Waals surface area (Å²) in [5, 5.41) is 9.42. The largest absolute Gasteiger partial charge is 0.396 e. The van der Waals surface area contributed by atoms with Crippen LogP contribution in [0.5, 0.6) is 0 Å². The summed E-state index contributed by atoms with van der Waals surface area (Å²) in [7, 11) is 0. The van der Waals surface area contributed by atoms with E-state index in [4.69, 9.17) is 0 Å². The monoisotopic (exact) mass is 226 g/mol. The maximum Gasteiger partial charge on any atom is 0.120 e. The lowest BCUT2D eigenvalue weighted by molar-refractivity contribution is -0.117. The SMILES string of the molecule is C=CCC(CO)(CC=O)C(CC=O)CC=O. The third-order valence-corrected chi connectivity index (χ3v) is 2.98. The van der Waals surface area contributed by atoms with E-state index in [9.17, 15) is 19.5 Å². The normalized spacial score (nSPS) is 14.1. The van der Waals surface area contributed by atoms with Gasteiger partial charge in [0.2, 0.25) is 0 Å². The number of rotatable bonds is 10. The van der Waals surface area contributed by atoms with Crippen LogP contribution in [-0.4, -0.2) is 30.6 Å². The predicted octanol–water partition coefficient (Wildman–Crippen LogP) is 0.924. The average molecular weight is 226 g/mol. The van der Waals surface area contributed by atoms with Gasteiger partial charge in [-0.1, -0.05) is 6.08 Å². The maximum absolute atomic E-state index is 10.6. The number of hydrogen-bond acceptors (Lipinski definition) is 4. The van der Waals surface area contributed by atoms with Crippen molar-refractivity contribution in [3.05, 3.63) is 12.7 Å². The number of carbonyl (C=O) groups is 3. The molecule has 0 heterocycles. The minimum Gasteiger partial charge on any atom is -0.396 e. The Morgan fingerprint density at radius 2 is 1.62 bits per heavy atom. The van der Waals surface area contributed by atoms with Crippen molar-refractivity contribution in [2.45, 2.75) is 25.7 Å². The summed E-state index contributed by atoms with van der Waals surface area (Å²) >= 11 is 0. The van der Waals surface area contributed by atoms with Gasteiger partial charge in [0, 0.05) is 31.3 Å². The standard InChI is InChI=1S/C12H18O4/c1-2-5-12(10-16,6-9-15)11(3-7-13)4-8-14/h2,7-9,11,16H,1,3-6,10H2. The van der Waals surface area contributed by atoms with Crippen LogP contribution in [0.3, 0.4) is 0 Å². The molecule has 90 valence electrons. The molecule has 0 saturated heterocycles. The quantitative estimate of drug-likeness (QED) is 0.444. The molecule has 0 saturated carbocycles. The van der Waals surface area contributed by atoms with Crippen LogP contribution in [-0.2, 0) is 14.4 Å². The molecule has 16 heavy (non-hydrogen) atoms. The van der Waals surface area contributed by atoms with Gasteiger partial charge in [0.1, 0.15) is 18.9 Å². The summed E-state index contributed by atoms with van der Waals surface area (Å²) in [6.07, 6.45) is 4.61. The predicted molar refractivity (Wildman–Crippen MR) is 59.9 cm³/mol. The molecule has 0 rings (SSSR count). The van der Waals surface area contributed by atoms with E-state index in [1.54, 1.807) is 6.08 Å². The van der Waals surface area contributed by atoms with E-state index in [0.717, 1.165) is 0 Å². The zero-order chi connectivity index (χ0) is 12.4.